The Morgan fingerprint density at radius 2 is 1.71 bits per heavy atom. The minimum atomic E-state index is -0.217. The van der Waals surface area contributed by atoms with E-state index in [1.165, 1.54) is 11.8 Å². The summed E-state index contributed by atoms with van der Waals surface area (Å²) >= 11 is 0. The van der Waals surface area contributed by atoms with Crippen LogP contribution in [0.2, 0.25) is 0 Å². The molecule has 5 nitrogen and oxygen atoms in total. The average Bonchev–Trinajstić information content (AvgIpc) is 2.59. The highest BCUT2D eigenvalue weighted by Gasteiger charge is 2.19. The number of benzene rings is 2. The second kappa shape index (κ2) is 8.72. The first-order valence-electron chi connectivity index (χ1n) is 7.98. The summed E-state index contributed by atoms with van der Waals surface area (Å²) in [5, 5.41) is 2.78. The number of hydrogen-bond donors (Lipinski definition) is 1. The predicted octanol–water partition coefficient (Wildman–Crippen LogP) is 3.36. The molecule has 2 amide bonds. The SMILES string of the molecule is CCCNC(=O)CN(C(C)=O)c1ccccc1Oc1ccccc1. The van der Waals surface area contributed by atoms with E-state index in [9.17, 15) is 9.59 Å². The van der Waals surface area contributed by atoms with Gasteiger partial charge in [0.2, 0.25) is 11.8 Å². The van der Waals surface area contributed by atoms with Crippen molar-refractivity contribution in [3.8, 4) is 11.5 Å². The van der Waals surface area contributed by atoms with E-state index in [1.54, 1.807) is 12.1 Å². The average molecular weight is 326 g/mol. The van der Waals surface area contributed by atoms with E-state index < -0.39 is 0 Å². The zero-order valence-electron chi connectivity index (χ0n) is 14.0. The number of amides is 2. The zero-order valence-corrected chi connectivity index (χ0v) is 14.0. The molecule has 0 bridgehead atoms. The number of carbonyl (C=O) groups is 2. The van der Waals surface area contributed by atoms with Gasteiger partial charge in [-0.05, 0) is 30.7 Å². The Bertz CT molecular complexity index is 686. The van der Waals surface area contributed by atoms with Gasteiger partial charge in [-0.2, -0.15) is 0 Å². The third kappa shape index (κ3) is 4.84. The molecule has 0 saturated carbocycles. The van der Waals surface area contributed by atoms with Gasteiger partial charge in [0, 0.05) is 13.5 Å². The molecule has 0 unspecified atom stereocenters. The van der Waals surface area contributed by atoms with Gasteiger partial charge in [-0.15, -0.1) is 0 Å². The van der Waals surface area contributed by atoms with E-state index in [4.69, 9.17) is 4.74 Å². The highest BCUT2D eigenvalue weighted by Crippen LogP contribution is 2.32. The van der Waals surface area contributed by atoms with Crippen molar-refractivity contribution in [2.24, 2.45) is 0 Å². The van der Waals surface area contributed by atoms with Crippen molar-refractivity contribution in [3.63, 3.8) is 0 Å². The largest absolute Gasteiger partial charge is 0.455 e. The van der Waals surface area contributed by atoms with Crippen molar-refractivity contribution in [2.75, 3.05) is 18.0 Å². The number of hydrogen-bond acceptors (Lipinski definition) is 3. The van der Waals surface area contributed by atoms with Gasteiger partial charge in [-0.25, -0.2) is 0 Å². The first kappa shape index (κ1) is 17.5. The number of nitrogens with zero attached hydrogens (tertiary/aromatic N) is 1. The molecule has 0 aliphatic rings. The van der Waals surface area contributed by atoms with E-state index in [0.29, 0.717) is 23.7 Å². The van der Waals surface area contributed by atoms with Gasteiger partial charge in [0.15, 0.2) is 5.75 Å². The maximum atomic E-state index is 12.0. The lowest BCUT2D eigenvalue weighted by atomic mass is 10.2. The van der Waals surface area contributed by atoms with Crippen molar-refractivity contribution in [1.82, 2.24) is 5.32 Å². The van der Waals surface area contributed by atoms with Crippen LogP contribution in [0.25, 0.3) is 0 Å². The van der Waals surface area contributed by atoms with Crippen LogP contribution in [-0.2, 0) is 9.59 Å². The highest BCUT2D eigenvalue weighted by atomic mass is 16.5. The molecule has 0 saturated heterocycles. The fraction of sp³-hybridized carbons (Fsp3) is 0.263. The van der Waals surface area contributed by atoms with Crippen molar-refractivity contribution in [1.29, 1.82) is 0 Å². The molecule has 24 heavy (non-hydrogen) atoms. The molecule has 0 aliphatic carbocycles. The summed E-state index contributed by atoms with van der Waals surface area (Å²) < 4.78 is 5.88. The number of ether oxygens (including phenoxy) is 1. The Morgan fingerprint density at radius 3 is 2.38 bits per heavy atom. The van der Waals surface area contributed by atoms with E-state index >= 15 is 0 Å². The molecule has 0 radical (unpaired) electrons. The quantitative estimate of drug-likeness (QED) is 0.849. The van der Waals surface area contributed by atoms with Gasteiger partial charge in [0.1, 0.15) is 12.3 Å². The zero-order chi connectivity index (χ0) is 17.4. The Hall–Kier alpha value is -2.82. The van der Waals surface area contributed by atoms with Crippen LogP contribution in [0.15, 0.2) is 54.6 Å². The third-order valence-electron chi connectivity index (χ3n) is 3.38. The smallest absolute Gasteiger partial charge is 0.240 e. The molecule has 2 rings (SSSR count). The topological polar surface area (TPSA) is 58.6 Å². The first-order chi connectivity index (χ1) is 11.6. The lowest BCUT2D eigenvalue weighted by molar-refractivity contribution is -0.123. The van der Waals surface area contributed by atoms with Crippen LogP contribution in [0.5, 0.6) is 11.5 Å². The summed E-state index contributed by atoms with van der Waals surface area (Å²) in [6.07, 6.45) is 0.847. The Morgan fingerprint density at radius 1 is 1.04 bits per heavy atom. The third-order valence-corrected chi connectivity index (χ3v) is 3.38. The van der Waals surface area contributed by atoms with E-state index in [1.807, 2.05) is 49.4 Å². The van der Waals surface area contributed by atoms with Crippen molar-refractivity contribution in [2.45, 2.75) is 20.3 Å². The summed E-state index contributed by atoms with van der Waals surface area (Å²) in [6.45, 7) is 3.97. The molecular weight excluding hydrogens is 304 g/mol. The van der Waals surface area contributed by atoms with E-state index in [0.717, 1.165) is 6.42 Å². The number of nitrogens with one attached hydrogen (secondary N) is 1. The number of para-hydroxylation sites is 3. The summed E-state index contributed by atoms with van der Waals surface area (Å²) in [5.41, 5.74) is 0.570. The fourth-order valence-corrected chi connectivity index (χ4v) is 2.21. The van der Waals surface area contributed by atoms with E-state index in [-0.39, 0.29) is 18.4 Å². The van der Waals surface area contributed by atoms with Crippen molar-refractivity contribution < 1.29 is 14.3 Å². The molecule has 5 heteroatoms. The standard InChI is InChI=1S/C19H22N2O3/c1-3-13-20-19(23)14-21(15(2)22)17-11-7-8-12-18(17)24-16-9-5-4-6-10-16/h4-12H,3,13-14H2,1-2H3,(H,20,23). The molecule has 1 N–H and O–H groups in total. The Kier molecular flexibility index (Phi) is 6.37. The summed E-state index contributed by atoms with van der Waals surface area (Å²) in [4.78, 5) is 25.5. The molecule has 2 aromatic carbocycles. The van der Waals surface area contributed by atoms with Gasteiger partial charge in [0.05, 0.1) is 5.69 Å². The Labute approximate surface area is 142 Å². The normalized spacial score (nSPS) is 10.1. The van der Waals surface area contributed by atoms with Gasteiger partial charge in [0.25, 0.3) is 0 Å². The summed E-state index contributed by atoms with van der Waals surface area (Å²) in [7, 11) is 0. The van der Waals surface area contributed by atoms with Crippen LogP contribution >= 0.6 is 0 Å². The molecule has 0 atom stereocenters. The van der Waals surface area contributed by atoms with Crippen molar-refractivity contribution >= 4 is 17.5 Å². The van der Waals surface area contributed by atoms with Crippen LogP contribution in [0.1, 0.15) is 20.3 Å². The lowest BCUT2D eigenvalue weighted by Gasteiger charge is -2.23. The van der Waals surface area contributed by atoms with Gasteiger partial charge >= 0.3 is 0 Å². The van der Waals surface area contributed by atoms with Crippen LogP contribution in [0.4, 0.5) is 5.69 Å². The summed E-state index contributed by atoms with van der Waals surface area (Å²) in [6, 6.07) is 16.5. The van der Waals surface area contributed by atoms with E-state index in [2.05, 4.69) is 5.32 Å². The van der Waals surface area contributed by atoms with Gasteiger partial charge in [-0.1, -0.05) is 37.3 Å². The lowest BCUT2D eigenvalue weighted by Crippen LogP contribution is -2.40. The maximum Gasteiger partial charge on any atom is 0.240 e. The van der Waals surface area contributed by atoms with Gasteiger partial charge in [-0.3, -0.25) is 14.5 Å². The highest BCUT2D eigenvalue weighted by molar-refractivity contribution is 5.98. The maximum absolute atomic E-state index is 12.0. The van der Waals surface area contributed by atoms with Crippen molar-refractivity contribution in [3.05, 3.63) is 54.6 Å². The molecule has 0 heterocycles. The molecule has 2 aromatic rings. The van der Waals surface area contributed by atoms with Crippen LogP contribution in [-0.4, -0.2) is 24.9 Å². The fourth-order valence-electron chi connectivity index (χ4n) is 2.21. The minimum Gasteiger partial charge on any atom is -0.455 e. The molecule has 0 aromatic heterocycles. The minimum absolute atomic E-state index is 0.0372. The monoisotopic (exact) mass is 326 g/mol. The van der Waals surface area contributed by atoms with Crippen LogP contribution < -0.4 is 15.0 Å². The predicted molar refractivity (Wildman–Crippen MR) is 94.3 cm³/mol. The molecule has 0 fully saturated rings. The first-order valence-corrected chi connectivity index (χ1v) is 7.98. The number of rotatable bonds is 7. The second-order valence-electron chi connectivity index (χ2n) is 5.34. The molecule has 126 valence electrons. The molecule has 0 aliphatic heterocycles. The van der Waals surface area contributed by atoms with Gasteiger partial charge < -0.3 is 10.1 Å². The second-order valence-corrected chi connectivity index (χ2v) is 5.34. The van der Waals surface area contributed by atoms with Crippen LogP contribution in [0.3, 0.4) is 0 Å². The van der Waals surface area contributed by atoms with Crippen LogP contribution in [0, 0.1) is 0 Å². The summed E-state index contributed by atoms with van der Waals surface area (Å²) in [5.74, 6) is 0.790. The molecular formula is C19H22N2O3. The molecule has 0 spiro atoms. The Balaban J connectivity index is 2.23. The number of carbonyl (C=O) groups excluding carboxylic acids is 2. The number of anilines is 1.